The van der Waals surface area contributed by atoms with Gasteiger partial charge in [-0.2, -0.15) is 0 Å². The predicted octanol–water partition coefficient (Wildman–Crippen LogP) is 1.44. The predicted molar refractivity (Wildman–Crippen MR) is 54.8 cm³/mol. The summed E-state index contributed by atoms with van der Waals surface area (Å²) in [7, 11) is -3.16. The number of halogens is 3. The van der Waals surface area contributed by atoms with Crippen molar-refractivity contribution in [3.8, 4) is 5.88 Å². The molecule has 0 fully saturated rings. The van der Waals surface area contributed by atoms with Crippen molar-refractivity contribution >= 4 is 26.0 Å². The molecule has 0 saturated heterocycles. The van der Waals surface area contributed by atoms with Gasteiger partial charge in [-0.3, -0.25) is 0 Å². The summed E-state index contributed by atoms with van der Waals surface area (Å²) in [5, 5.41) is 4.82. The molecule has 0 aliphatic rings. The van der Waals surface area contributed by atoms with Gasteiger partial charge in [-0.05, 0) is 22.0 Å². The fraction of sp³-hybridized carbons (Fsp3) is 0.286. The Balaban J connectivity index is 3.64. The smallest absolute Gasteiger partial charge is 0.270 e. The first-order valence-corrected chi connectivity index (χ1v) is 6.16. The zero-order valence-electron chi connectivity index (χ0n) is 7.95. The van der Waals surface area contributed by atoms with Gasteiger partial charge in [0.1, 0.15) is 4.60 Å². The van der Waals surface area contributed by atoms with E-state index in [1.807, 2.05) is 0 Å². The first-order valence-electron chi connectivity index (χ1n) is 3.82. The second-order valence-corrected chi connectivity index (χ2v) is 5.05. The van der Waals surface area contributed by atoms with E-state index in [0.29, 0.717) is 0 Å². The van der Waals surface area contributed by atoms with Gasteiger partial charge in [-0.15, -0.1) is 0 Å². The molecular formula is C7H7BrF2N2O3S. The number of hydrogen-bond acceptors (Lipinski definition) is 4. The summed E-state index contributed by atoms with van der Waals surface area (Å²) in [4.78, 5) is 2.87. The lowest BCUT2D eigenvalue weighted by atomic mass is 10.3. The van der Waals surface area contributed by atoms with E-state index < -0.39 is 32.8 Å². The number of methoxy groups -OCH3 is 1. The van der Waals surface area contributed by atoms with Crippen LogP contribution in [-0.4, -0.2) is 20.5 Å². The van der Waals surface area contributed by atoms with E-state index in [9.17, 15) is 17.2 Å². The molecule has 16 heavy (non-hydrogen) atoms. The van der Waals surface area contributed by atoms with Crippen LogP contribution in [0.1, 0.15) is 12.0 Å². The van der Waals surface area contributed by atoms with Gasteiger partial charge >= 0.3 is 0 Å². The second-order valence-electron chi connectivity index (χ2n) is 2.71. The molecule has 0 aromatic carbocycles. The lowest BCUT2D eigenvalue weighted by Crippen LogP contribution is -2.16. The fourth-order valence-electron chi connectivity index (χ4n) is 1.07. The monoisotopic (exact) mass is 316 g/mol. The Morgan fingerprint density at radius 2 is 2.12 bits per heavy atom. The molecule has 2 N–H and O–H groups in total. The van der Waals surface area contributed by atoms with Crippen LogP contribution in [0.25, 0.3) is 0 Å². The quantitative estimate of drug-likeness (QED) is 0.855. The molecule has 0 radical (unpaired) electrons. The van der Waals surface area contributed by atoms with Crippen LogP contribution >= 0.6 is 15.9 Å². The number of nitrogens with zero attached hydrogens (tertiary/aromatic N) is 1. The Kier molecular flexibility index (Phi) is 3.81. The van der Waals surface area contributed by atoms with Crippen molar-refractivity contribution in [2.75, 3.05) is 7.11 Å². The van der Waals surface area contributed by atoms with Crippen molar-refractivity contribution in [3.63, 3.8) is 0 Å². The minimum atomic E-state index is -4.26. The van der Waals surface area contributed by atoms with Crippen LogP contribution in [0, 0.1) is 0 Å². The van der Waals surface area contributed by atoms with Crippen LogP contribution < -0.4 is 9.88 Å². The van der Waals surface area contributed by atoms with E-state index in [1.54, 1.807) is 0 Å². The lowest BCUT2D eigenvalue weighted by Gasteiger charge is -2.11. The van der Waals surface area contributed by atoms with E-state index in [1.165, 1.54) is 0 Å². The average molecular weight is 317 g/mol. The van der Waals surface area contributed by atoms with Gasteiger partial charge in [0, 0.05) is 0 Å². The van der Waals surface area contributed by atoms with Gasteiger partial charge in [-0.25, -0.2) is 27.3 Å². The Labute approximate surface area is 98.8 Å². The highest BCUT2D eigenvalue weighted by Crippen LogP contribution is 2.34. The van der Waals surface area contributed by atoms with Gasteiger partial charge in [-0.1, -0.05) is 0 Å². The highest BCUT2D eigenvalue weighted by Gasteiger charge is 2.27. The topological polar surface area (TPSA) is 82.3 Å². The SMILES string of the molecule is COc1nc(Br)cc(S(N)(=O)=O)c1C(F)F. The van der Waals surface area contributed by atoms with Crippen molar-refractivity contribution in [2.45, 2.75) is 11.3 Å². The molecule has 0 atom stereocenters. The Morgan fingerprint density at radius 3 is 2.50 bits per heavy atom. The zero-order valence-corrected chi connectivity index (χ0v) is 10.3. The summed E-state index contributed by atoms with van der Waals surface area (Å²) in [6.45, 7) is 0. The van der Waals surface area contributed by atoms with Gasteiger partial charge in [0.05, 0.1) is 17.6 Å². The van der Waals surface area contributed by atoms with Crippen molar-refractivity contribution in [1.29, 1.82) is 0 Å². The van der Waals surface area contributed by atoms with Crippen molar-refractivity contribution in [1.82, 2.24) is 4.98 Å². The maximum atomic E-state index is 12.7. The number of ether oxygens (including phenoxy) is 1. The third-order valence-electron chi connectivity index (χ3n) is 1.67. The van der Waals surface area contributed by atoms with Crippen molar-refractivity contribution in [2.24, 2.45) is 5.14 Å². The van der Waals surface area contributed by atoms with Gasteiger partial charge in [0.2, 0.25) is 15.9 Å². The number of rotatable bonds is 3. The largest absolute Gasteiger partial charge is 0.481 e. The summed E-state index contributed by atoms with van der Waals surface area (Å²) in [6, 6.07) is 0.902. The maximum absolute atomic E-state index is 12.7. The second kappa shape index (κ2) is 4.60. The summed E-state index contributed by atoms with van der Waals surface area (Å²) in [6.07, 6.45) is -3.05. The maximum Gasteiger partial charge on any atom is 0.270 e. The third-order valence-corrected chi connectivity index (χ3v) is 3.03. The van der Waals surface area contributed by atoms with Crippen molar-refractivity contribution in [3.05, 3.63) is 16.2 Å². The van der Waals surface area contributed by atoms with E-state index in [-0.39, 0.29) is 4.60 Å². The Hall–Kier alpha value is -0.800. The van der Waals surface area contributed by atoms with Crippen molar-refractivity contribution < 1.29 is 21.9 Å². The molecule has 0 saturated carbocycles. The van der Waals surface area contributed by atoms with E-state index in [4.69, 9.17) is 5.14 Å². The molecule has 9 heteroatoms. The summed E-state index contributed by atoms with van der Waals surface area (Å²) >= 11 is 2.87. The van der Waals surface area contributed by atoms with Crippen LogP contribution in [-0.2, 0) is 10.0 Å². The molecule has 1 rings (SSSR count). The molecule has 1 aromatic heterocycles. The molecule has 90 valence electrons. The standard InChI is InChI=1S/C7H7BrF2N2O3S/c1-15-7-5(6(9)10)3(16(11,13)14)2-4(8)12-7/h2,6H,1H3,(H2,11,13,14). The molecular weight excluding hydrogens is 310 g/mol. The zero-order chi connectivity index (χ0) is 12.5. The van der Waals surface area contributed by atoms with Crippen LogP contribution in [0.4, 0.5) is 8.78 Å². The minimum absolute atomic E-state index is 0.0396. The number of sulfonamides is 1. The van der Waals surface area contributed by atoms with Gasteiger partial charge < -0.3 is 4.74 Å². The summed E-state index contributed by atoms with van der Waals surface area (Å²) < 4.78 is 52.2. The first kappa shape index (κ1) is 13.3. The molecule has 1 aromatic rings. The van der Waals surface area contributed by atoms with Gasteiger partial charge in [0.25, 0.3) is 6.43 Å². The van der Waals surface area contributed by atoms with Crippen LogP contribution in [0.5, 0.6) is 5.88 Å². The molecule has 0 spiro atoms. The van der Waals surface area contributed by atoms with E-state index in [2.05, 4.69) is 25.7 Å². The number of alkyl halides is 2. The molecule has 0 aliphatic carbocycles. The lowest BCUT2D eigenvalue weighted by molar-refractivity contribution is 0.142. The van der Waals surface area contributed by atoms with Gasteiger partial charge in [0.15, 0.2) is 0 Å². The van der Waals surface area contributed by atoms with E-state index in [0.717, 1.165) is 13.2 Å². The molecule has 0 unspecified atom stereocenters. The highest BCUT2D eigenvalue weighted by molar-refractivity contribution is 9.10. The summed E-state index contributed by atoms with van der Waals surface area (Å²) in [5.41, 5.74) is -0.840. The molecule has 0 aliphatic heterocycles. The fourth-order valence-corrected chi connectivity index (χ4v) is 2.37. The van der Waals surface area contributed by atoms with Crippen LogP contribution in [0.2, 0.25) is 0 Å². The first-order chi connectivity index (χ1) is 7.27. The number of aromatic nitrogens is 1. The number of hydrogen-bond donors (Lipinski definition) is 1. The molecule has 5 nitrogen and oxygen atoms in total. The van der Waals surface area contributed by atoms with Crippen LogP contribution in [0.15, 0.2) is 15.6 Å². The molecule has 1 heterocycles. The normalized spacial score (nSPS) is 11.9. The minimum Gasteiger partial charge on any atom is -0.481 e. The number of pyridine rings is 1. The molecule has 0 bridgehead atoms. The number of nitrogens with two attached hydrogens (primary N) is 1. The third kappa shape index (κ3) is 2.66. The van der Waals surface area contributed by atoms with E-state index >= 15 is 0 Å². The molecule has 0 amide bonds. The number of primary sulfonamides is 1. The highest BCUT2D eigenvalue weighted by atomic mass is 79.9. The summed E-state index contributed by atoms with van der Waals surface area (Å²) in [5.74, 6) is -0.478. The van der Waals surface area contributed by atoms with Crippen LogP contribution in [0.3, 0.4) is 0 Å². The average Bonchev–Trinajstić information content (AvgIpc) is 2.14. The Morgan fingerprint density at radius 1 is 1.56 bits per heavy atom. The Bertz CT molecular complexity index is 507.